The molecule has 1 saturated heterocycles. The van der Waals surface area contributed by atoms with Gasteiger partial charge in [0, 0.05) is 25.2 Å². The van der Waals surface area contributed by atoms with Crippen molar-refractivity contribution in [2.75, 3.05) is 13.1 Å². The number of benzene rings is 2. The lowest BCUT2D eigenvalue weighted by Crippen LogP contribution is -2.40. The number of piperidine rings is 1. The van der Waals surface area contributed by atoms with Crippen molar-refractivity contribution >= 4 is 20.0 Å². The fourth-order valence-corrected chi connectivity index (χ4v) is 7.04. The topological polar surface area (TPSA) is 74.8 Å². The first-order valence-electron chi connectivity index (χ1n) is 10.6. The monoisotopic (exact) mass is 472 g/mol. The first-order valence-corrected chi connectivity index (χ1v) is 13.5. The van der Waals surface area contributed by atoms with Gasteiger partial charge in [-0.3, -0.25) is 4.31 Å². The van der Waals surface area contributed by atoms with Gasteiger partial charge >= 0.3 is 0 Å². The molecule has 2 atom stereocenters. The molecule has 2 aromatic rings. The van der Waals surface area contributed by atoms with E-state index in [2.05, 4.69) is 0 Å². The number of hydrogen-bond donors (Lipinski definition) is 0. The molecule has 8 heteroatoms. The lowest BCUT2D eigenvalue weighted by atomic mass is 9.93. The molecule has 32 heavy (non-hydrogen) atoms. The highest BCUT2D eigenvalue weighted by Gasteiger charge is 2.35. The lowest BCUT2D eigenvalue weighted by molar-refractivity contribution is 0.349. The van der Waals surface area contributed by atoms with Crippen molar-refractivity contribution in [1.29, 1.82) is 0 Å². The predicted molar refractivity (Wildman–Crippen MR) is 125 cm³/mol. The first-order chi connectivity index (χ1) is 15.1. The van der Waals surface area contributed by atoms with Crippen LogP contribution in [0.2, 0.25) is 0 Å². The van der Waals surface area contributed by atoms with E-state index in [4.69, 9.17) is 0 Å². The molecule has 2 aliphatic rings. The number of nitrogens with zero attached hydrogens (tertiary/aromatic N) is 2. The maximum atomic E-state index is 13.3. The summed E-state index contributed by atoms with van der Waals surface area (Å²) in [6.45, 7) is 6.28. The van der Waals surface area contributed by atoms with E-state index >= 15 is 0 Å². The minimum Gasteiger partial charge on any atom is -0.267 e. The van der Waals surface area contributed by atoms with E-state index in [0.29, 0.717) is 19.5 Å². The zero-order valence-corrected chi connectivity index (χ0v) is 20.1. The highest BCUT2D eigenvalue weighted by Crippen LogP contribution is 2.33. The quantitative estimate of drug-likeness (QED) is 0.634. The Labute approximate surface area is 191 Å². The maximum absolute atomic E-state index is 13.3. The van der Waals surface area contributed by atoms with Gasteiger partial charge in [0.15, 0.2) is 0 Å². The average molecular weight is 473 g/mol. The average Bonchev–Trinajstić information content (AvgIpc) is 2.93. The van der Waals surface area contributed by atoms with Crippen LogP contribution in [-0.4, -0.2) is 44.6 Å². The third-order valence-electron chi connectivity index (χ3n) is 6.10. The molecule has 2 aromatic carbocycles. The Kier molecular flexibility index (Phi) is 6.04. The number of hydrogen-bond acceptors (Lipinski definition) is 4. The van der Waals surface area contributed by atoms with Crippen molar-refractivity contribution in [3.63, 3.8) is 0 Å². The largest absolute Gasteiger partial charge is 0.267 e. The third kappa shape index (κ3) is 4.27. The number of aryl methyl sites for hydroxylation is 2. The van der Waals surface area contributed by atoms with E-state index in [0.717, 1.165) is 16.7 Å². The Morgan fingerprint density at radius 2 is 1.31 bits per heavy atom. The van der Waals surface area contributed by atoms with Gasteiger partial charge < -0.3 is 0 Å². The summed E-state index contributed by atoms with van der Waals surface area (Å²) in [6, 6.07) is 13.3. The van der Waals surface area contributed by atoms with Gasteiger partial charge in [-0.05, 0) is 57.0 Å². The van der Waals surface area contributed by atoms with Gasteiger partial charge in [0.1, 0.15) is 0 Å². The fraction of sp³-hybridized carbons (Fsp3) is 0.333. The van der Waals surface area contributed by atoms with Crippen molar-refractivity contribution in [2.45, 2.75) is 43.0 Å². The Hall–Kier alpha value is -2.42. The second-order valence-electron chi connectivity index (χ2n) is 8.51. The highest BCUT2D eigenvalue weighted by molar-refractivity contribution is 7.89. The number of sulfonamides is 2. The maximum Gasteiger partial charge on any atom is 0.264 e. The normalized spacial score (nSPS) is 22.2. The molecule has 0 amide bonds. The van der Waals surface area contributed by atoms with Crippen molar-refractivity contribution in [2.24, 2.45) is 5.92 Å². The van der Waals surface area contributed by atoms with Crippen molar-refractivity contribution in [3.05, 3.63) is 83.6 Å². The molecule has 0 saturated carbocycles. The van der Waals surface area contributed by atoms with Gasteiger partial charge in [0.2, 0.25) is 10.0 Å². The number of rotatable bonds is 4. The molecule has 2 heterocycles. The van der Waals surface area contributed by atoms with Crippen molar-refractivity contribution < 1.29 is 16.8 Å². The van der Waals surface area contributed by atoms with Crippen LogP contribution in [0.15, 0.2) is 82.2 Å². The second-order valence-corrected chi connectivity index (χ2v) is 12.3. The van der Waals surface area contributed by atoms with Crippen molar-refractivity contribution in [3.8, 4) is 0 Å². The summed E-state index contributed by atoms with van der Waals surface area (Å²) in [4.78, 5) is 0.531. The van der Waals surface area contributed by atoms with Crippen LogP contribution in [0.4, 0.5) is 0 Å². The first kappa shape index (κ1) is 22.8. The highest BCUT2D eigenvalue weighted by atomic mass is 32.2. The van der Waals surface area contributed by atoms with Crippen LogP contribution in [-0.2, 0) is 20.0 Å². The van der Waals surface area contributed by atoms with E-state index < -0.39 is 20.0 Å². The summed E-state index contributed by atoms with van der Waals surface area (Å²) in [5, 5.41) is 0. The van der Waals surface area contributed by atoms with E-state index in [1.807, 2.05) is 32.9 Å². The van der Waals surface area contributed by atoms with Crippen LogP contribution in [0.3, 0.4) is 0 Å². The van der Waals surface area contributed by atoms with Crippen LogP contribution in [0, 0.1) is 19.8 Å². The molecule has 0 bridgehead atoms. The SMILES string of the molecule is Cc1ccc(S(=O)(=O)N2CCC3=CN(S(=O)(=O)c4ccc(C)cc4)[C@@H](C)C=C[C@H]3C2)cc1. The van der Waals surface area contributed by atoms with Crippen LogP contribution in [0.5, 0.6) is 0 Å². The van der Waals surface area contributed by atoms with Crippen LogP contribution in [0.25, 0.3) is 0 Å². The minimum absolute atomic E-state index is 0.162. The molecule has 170 valence electrons. The van der Waals surface area contributed by atoms with E-state index in [9.17, 15) is 16.8 Å². The Morgan fingerprint density at radius 3 is 1.88 bits per heavy atom. The van der Waals surface area contributed by atoms with Crippen LogP contribution < -0.4 is 0 Å². The lowest BCUT2D eigenvalue weighted by Gasteiger charge is -2.33. The Bertz CT molecular complexity index is 1260. The minimum atomic E-state index is -3.72. The molecule has 0 aliphatic carbocycles. The molecular weight excluding hydrogens is 444 g/mol. The summed E-state index contributed by atoms with van der Waals surface area (Å²) >= 11 is 0. The van der Waals surface area contributed by atoms with Gasteiger partial charge in [0.05, 0.1) is 15.8 Å². The standard InChI is InChI=1S/C24H28N2O4S2/c1-18-4-10-23(11-5-18)31(27,28)25-15-14-22-17-26(20(3)8-9-21(22)16-25)32(29,30)24-12-6-19(2)7-13-24/h4-13,17,20-21H,14-16H2,1-3H3/t20-,21-/m0/s1. The molecule has 1 fully saturated rings. The predicted octanol–water partition coefficient (Wildman–Crippen LogP) is 3.85. The summed E-state index contributed by atoms with van der Waals surface area (Å²) < 4.78 is 55.8. The molecule has 0 spiro atoms. The van der Waals surface area contributed by atoms with E-state index in [1.165, 1.54) is 8.61 Å². The molecule has 0 radical (unpaired) electrons. The molecule has 6 nitrogen and oxygen atoms in total. The van der Waals surface area contributed by atoms with Gasteiger partial charge in [0.25, 0.3) is 10.0 Å². The molecule has 0 N–H and O–H groups in total. The zero-order chi connectivity index (χ0) is 23.1. The van der Waals surface area contributed by atoms with Gasteiger partial charge in [-0.1, -0.05) is 47.5 Å². The van der Waals surface area contributed by atoms with Gasteiger partial charge in [-0.2, -0.15) is 4.31 Å². The summed E-state index contributed by atoms with van der Waals surface area (Å²) in [5.74, 6) is -0.162. The summed E-state index contributed by atoms with van der Waals surface area (Å²) in [7, 11) is -7.32. The van der Waals surface area contributed by atoms with Gasteiger partial charge in [-0.25, -0.2) is 16.8 Å². The Morgan fingerprint density at radius 1 is 0.781 bits per heavy atom. The van der Waals surface area contributed by atoms with E-state index in [-0.39, 0.29) is 21.8 Å². The van der Waals surface area contributed by atoms with Crippen LogP contribution in [0.1, 0.15) is 24.5 Å². The molecular formula is C24H28N2O4S2. The Balaban J connectivity index is 1.62. The molecule has 2 aliphatic heterocycles. The fourth-order valence-electron chi connectivity index (χ4n) is 4.07. The molecule has 4 rings (SSSR count). The molecule has 0 unspecified atom stereocenters. The third-order valence-corrected chi connectivity index (χ3v) is 9.84. The summed E-state index contributed by atoms with van der Waals surface area (Å²) in [5.41, 5.74) is 2.92. The summed E-state index contributed by atoms with van der Waals surface area (Å²) in [6.07, 6.45) is 5.98. The van der Waals surface area contributed by atoms with Crippen molar-refractivity contribution in [1.82, 2.24) is 8.61 Å². The smallest absolute Gasteiger partial charge is 0.264 e. The molecule has 0 aromatic heterocycles. The zero-order valence-electron chi connectivity index (χ0n) is 18.5. The van der Waals surface area contributed by atoms with E-state index in [1.54, 1.807) is 54.7 Å². The second kappa shape index (κ2) is 8.50. The number of fused-ring (bicyclic) bond motifs is 1. The van der Waals surface area contributed by atoms with Gasteiger partial charge in [-0.15, -0.1) is 0 Å². The van der Waals surface area contributed by atoms with Crippen LogP contribution >= 0.6 is 0 Å².